The first-order valence-corrected chi connectivity index (χ1v) is 11.7. The maximum atomic E-state index is 12.8. The van der Waals surface area contributed by atoms with Gasteiger partial charge < -0.3 is 33.2 Å². The van der Waals surface area contributed by atoms with Gasteiger partial charge in [0.25, 0.3) is 0 Å². The zero-order valence-corrected chi connectivity index (χ0v) is 21.1. The van der Waals surface area contributed by atoms with Gasteiger partial charge in [-0.05, 0) is 41.4 Å². The average molecular weight is 523 g/mol. The molecule has 0 aliphatic carbocycles. The molecule has 1 aromatic heterocycles. The number of amides is 1. The van der Waals surface area contributed by atoms with E-state index in [-0.39, 0.29) is 11.8 Å². The monoisotopic (exact) mass is 523 g/mol. The van der Waals surface area contributed by atoms with Crippen LogP contribution in [0.3, 0.4) is 0 Å². The van der Waals surface area contributed by atoms with Crippen molar-refractivity contribution in [2.24, 2.45) is 13.0 Å². The van der Waals surface area contributed by atoms with E-state index >= 15 is 0 Å². The number of benzene rings is 2. The van der Waals surface area contributed by atoms with Crippen LogP contribution in [0.25, 0.3) is 0 Å². The molecule has 0 saturated heterocycles. The van der Waals surface area contributed by atoms with Gasteiger partial charge in [0, 0.05) is 12.2 Å². The molecule has 3 N–H and O–H groups in total. The lowest BCUT2D eigenvalue weighted by atomic mass is 10.0. The van der Waals surface area contributed by atoms with E-state index in [1.807, 2.05) is 74.5 Å². The third kappa shape index (κ3) is 11.3. The SMILES string of the molecule is CC(C)[C@H](NC(=S)Nc1ccccc1)C(=O)NCc1ccc(Cn2cc[n+](C)c2)cc1.F[B-](F)(F)F. The lowest BCUT2D eigenvalue weighted by Crippen LogP contribution is -2.50. The molecule has 0 aliphatic heterocycles. The van der Waals surface area contributed by atoms with Crippen molar-refractivity contribution in [2.75, 3.05) is 5.32 Å². The first-order chi connectivity index (χ1) is 16.9. The smallest absolute Gasteiger partial charge is 0.418 e. The Morgan fingerprint density at radius 2 is 1.61 bits per heavy atom. The number of hydrogen-bond acceptors (Lipinski definition) is 2. The summed E-state index contributed by atoms with van der Waals surface area (Å²) in [5.74, 6) is 0.0110. The maximum absolute atomic E-state index is 12.8. The summed E-state index contributed by atoms with van der Waals surface area (Å²) in [6, 6.07) is 17.5. The molecule has 6 nitrogen and oxygen atoms in total. The lowest BCUT2D eigenvalue weighted by molar-refractivity contribution is -0.671. The van der Waals surface area contributed by atoms with Gasteiger partial charge in [-0.15, -0.1) is 0 Å². The number of para-hydroxylation sites is 1. The Labute approximate surface area is 213 Å². The molecule has 0 spiro atoms. The highest BCUT2D eigenvalue weighted by atomic mass is 32.1. The Kier molecular flexibility index (Phi) is 10.9. The van der Waals surface area contributed by atoms with Crippen LogP contribution in [-0.4, -0.2) is 28.9 Å². The molecule has 0 fully saturated rings. The van der Waals surface area contributed by atoms with Crippen molar-refractivity contribution < 1.29 is 26.6 Å². The van der Waals surface area contributed by atoms with E-state index in [9.17, 15) is 22.1 Å². The van der Waals surface area contributed by atoms with Crippen molar-refractivity contribution in [1.82, 2.24) is 15.2 Å². The topological polar surface area (TPSA) is 62.0 Å². The molecule has 2 aromatic carbocycles. The van der Waals surface area contributed by atoms with Gasteiger partial charge in [0.15, 0.2) is 5.11 Å². The van der Waals surface area contributed by atoms with E-state index < -0.39 is 13.3 Å². The summed E-state index contributed by atoms with van der Waals surface area (Å²) in [7, 11) is -3.99. The molecule has 194 valence electrons. The summed E-state index contributed by atoms with van der Waals surface area (Å²) in [6.45, 7) is 5.29. The molecule has 3 aromatic rings. The molecule has 0 radical (unpaired) electrons. The van der Waals surface area contributed by atoms with Crippen molar-refractivity contribution in [3.8, 4) is 0 Å². The minimum atomic E-state index is -6.00. The zero-order chi connectivity index (χ0) is 26.7. The Morgan fingerprint density at radius 3 is 2.14 bits per heavy atom. The minimum absolute atomic E-state index is 0.0730. The summed E-state index contributed by atoms with van der Waals surface area (Å²) in [6.07, 6.45) is 6.11. The second kappa shape index (κ2) is 13.6. The van der Waals surface area contributed by atoms with E-state index in [4.69, 9.17) is 12.2 Å². The fourth-order valence-corrected chi connectivity index (χ4v) is 3.48. The standard InChI is InChI=1S/C24H29N5OS.BF4/c1-18(2)22(27-24(31)26-21-7-5-4-6-8-21)23(30)25-15-19-9-11-20(12-10-19)16-29-14-13-28(3)17-29;2-1(3,4)5/h4-14,17-18,22H,15-16H2,1-3H3,(H2-,25,26,27,30,31);/q;-1/p+1/t22-;/m0./s1. The van der Waals surface area contributed by atoms with Gasteiger partial charge in [0.1, 0.15) is 25.0 Å². The van der Waals surface area contributed by atoms with Gasteiger partial charge in [-0.25, -0.2) is 9.13 Å². The molecular formula is C24H30BF4N5OS. The van der Waals surface area contributed by atoms with Crippen LogP contribution in [0.2, 0.25) is 0 Å². The number of carbonyl (C=O) groups is 1. The van der Waals surface area contributed by atoms with Gasteiger partial charge in [0.05, 0.1) is 7.05 Å². The number of aromatic nitrogens is 2. The summed E-state index contributed by atoms with van der Waals surface area (Å²) >= 11 is 5.39. The average Bonchev–Trinajstić information content (AvgIpc) is 3.20. The number of anilines is 1. The highest BCUT2D eigenvalue weighted by Gasteiger charge is 2.23. The van der Waals surface area contributed by atoms with E-state index in [1.54, 1.807) is 0 Å². The normalized spacial score (nSPS) is 11.8. The maximum Gasteiger partial charge on any atom is 0.673 e. The van der Waals surface area contributed by atoms with Crippen LogP contribution in [0, 0.1) is 5.92 Å². The number of imidazole rings is 1. The predicted octanol–water partition coefficient (Wildman–Crippen LogP) is 4.29. The molecule has 0 saturated carbocycles. The van der Waals surface area contributed by atoms with Gasteiger partial charge in [0.2, 0.25) is 12.2 Å². The molecule has 0 aliphatic rings. The highest BCUT2D eigenvalue weighted by Crippen LogP contribution is 2.09. The molecule has 3 rings (SSSR count). The van der Waals surface area contributed by atoms with E-state index in [1.165, 1.54) is 5.56 Å². The fourth-order valence-electron chi connectivity index (χ4n) is 3.23. The number of aryl methyl sites for hydroxylation is 1. The van der Waals surface area contributed by atoms with Gasteiger partial charge >= 0.3 is 7.25 Å². The molecule has 36 heavy (non-hydrogen) atoms. The molecular weight excluding hydrogens is 493 g/mol. The minimum Gasteiger partial charge on any atom is -0.418 e. The highest BCUT2D eigenvalue weighted by molar-refractivity contribution is 7.80. The second-order valence-electron chi connectivity index (χ2n) is 8.47. The number of nitrogens with one attached hydrogen (secondary N) is 3. The fraction of sp³-hybridized carbons (Fsp3) is 0.292. The number of rotatable bonds is 8. The van der Waals surface area contributed by atoms with E-state index in [0.29, 0.717) is 11.7 Å². The van der Waals surface area contributed by atoms with Gasteiger partial charge in [-0.1, -0.05) is 56.3 Å². The third-order valence-electron chi connectivity index (χ3n) is 4.95. The van der Waals surface area contributed by atoms with Crippen molar-refractivity contribution in [3.63, 3.8) is 0 Å². The predicted molar refractivity (Wildman–Crippen MR) is 138 cm³/mol. The Bertz CT molecular complexity index is 1100. The number of nitrogens with zero attached hydrogens (tertiary/aromatic N) is 2. The van der Waals surface area contributed by atoms with Crippen LogP contribution in [0.1, 0.15) is 25.0 Å². The zero-order valence-electron chi connectivity index (χ0n) is 20.3. The number of thiocarbonyl (C=S) groups is 1. The molecule has 1 heterocycles. The Balaban J connectivity index is 0.000000830. The second-order valence-corrected chi connectivity index (χ2v) is 8.88. The molecule has 0 unspecified atom stereocenters. The Hall–Kier alpha value is -3.41. The van der Waals surface area contributed by atoms with Crippen LogP contribution in [-0.2, 0) is 24.9 Å². The van der Waals surface area contributed by atoms with Crippen LogP contribution < -0.4 is 20.5 Å². The molecule has 1 amide bonds. The summed E-state index contributed by atoms with van der Waals surface area (Å²) in [4.78, 5) is 12.8. The van der Waals surface area contributed by atoms with E-state index in [2.05, 4.69) is 44.8 Å². The van der Waals surface area contributed by atoms with Crippen molar-refractivity contribution in [2.45, 2.75) is 33.0 Å². The molecule has 0 bridgehead atoms. The molecule has 1 atom stereocenters. The van der Waals surface area contributed by atoms with Crippen LogP contribution in [0.5, 0.6) is 0 Å². The van der Waals surface area contributed by atoms with Crippen molar-refractivity contribution in [1.29, 1.82) is 0 Å². The summed E-state index contributed by atoms with van der Waals surface area (Å²) in [5.41, 5.74) is 3.16. The third-order valence-corrected chi connectivity index (χ3v) is 5.17. The number of hydrogen-bond donors (Lipinski definition) is 3. The number of carbonyl (C=O) groups excluding carboxylic acids is 1. The van der Waals surface area contributed by atoms with E-state index in [0.717, 1.165) is 17.8 Å². The van der Waals surface area contributed by atoms with Gasteiger partial charge in [-0.2, -0.15) is 0 Å². The van der Waals surface area contributed by atoms with Crippen LogP contribution >= 0.6 is 12.2 Å². The Morgan fingerprint density at radius 1 is 1.03 bits per heavy atom. The van der Waals surface area contributed by atoms with Crippen molar-refractivity contribution >= 4 is 36.2 Å². The van der Waals surface area contributed by atoms with Crippen LogP contribution in [0.15, 0.2) is 73.3 Å². The summed E-state index contributed by atoms with van der Waals surface area (Å²) in [5, 5.41) is 9.72. The lowest BCUT2D eigenvalue weighted by Gasteiger charge is -2.23. The largest absolute Gasteiger partial charge is 0.673 e. The van der Waals surface area contributed by atoms with Gasteiger partial charge in [-0.3, -0.25) is 4.79 Å². The number of halogens is 4. The summed E-state index contributed by atoms with van der Waals surface area (Å²) < 4.78 is 43.1. The first kappa shape index (κ1) is 28.8. The first-order valence-electron chi connectivity index (χ1n) is 11.3. The van der Waals surface area contributed by atoms with Crippen LogP contribution in [0.4, 0.5) is 23.0 Å². The quantitative estimate of drug-likeness (QED) is 0.179. The molecule has 12 heteroatoms. The van der Waals surface area contributed by atoms with Crippen molar-refractivity contribution in [3.05, 3.63) is 84.4 Å².